The van der Waals surface area contributed by atoms with E-state index in [1.165, 1.54) is 11.2 Å². The van der Waals surface area contributed by atoms with E-state index in [2.05, 4.69) is 26.7 Å². The first-order valence-corrected chi connectivity index (χ1v) is 5.75. The molecule has 0 saturated carbocycles. The lowest BCUT2D eigenvalue weighted by atomic mass is 10.3. The lowest BCUT2D eigenvalue weighted by Crippen LogP contribution is -2.05. The average molecular weight is 230 g/mol. The van der Waals surface area contributed by atoms with Crippen LogP contribution in [0.3, 0.4) is 0 Å². The largest absolute Gasteiger partial charge is 0.370 e. The maximum Gasteiger partial charge on any atom is 0.145 e. The lowest BCUT2D eigenvalue weighted by molar-refractivity contribution is 1.01. The van der Waals surface area contributed by atoms with Crippen LogP contribution in [0.1, 0.15) is 10.6 Å². The minimum Gasteiger partial charge on any atom is -0.370 e. The van der Waals surface area contributed by atoms with Gasteiger partial charge in [0.2, 0.25) is 0 Å². The molecule has 4 nitrogen and oxygen atoms in total. The van der Waals surface area contributed by atoms with Crippen LogP contribution in [0, 0.1) is 11.3 Å². The first-order valence-electron chi connectivity index (χ1n) is 4.87. The van der Waals surface area contributed by atoms with Crippen LogP contribution in [-0.4, -0.2) is 16.5 Å². The summed E-state index contributed by atoms with van der Waals surface area (Å²) in [5.41, 5.74) is 0.383. The molecule has 0 atom stereocenters. The van der Waals surface area contributed by atoms with E-state index in [0.717, 1.165) is 13.0 Å². The molecule has 0 fully saturated rings. The third kappa shape index (κ3) is 2.78. The summed E-state index contributed by atoms with van der Waals surface area (Å²) in [5.74, 6) is 0.697. The molecule has 2 heterocycles. The molecule has 16 heavy (non-hydrogen) atoms. The number of anilines is 1. The fourth-order valence-electron chi connectivity index (χ4n) is 1.28. The van der Waals surface area contributed by atoms with Crippen molar-refractivity contribution in [3.63, 3.8) is 0 Å². The fourth-order valence-corrected chi connectivity index (χ4v) is 1.99. The Bertz CT molecular complexity index is 487. The minimum absolute atomic E-state index is 0.383. The Balaban J connectivity index is 1.88. The van der Waals surface area contributed by atoms with Crippen LogP contribution in [0.5, 0.6) is 0 Å². The minimum atomic E-state index is 0.383. The van der Waals surface area contributed by atoms with E-state index in [1.807, 2.05) is 12.1 Å². The molecule has 0 bridgehead atoms. The van der Waals surface area contributed by atoms with Gasteiger partial charge in [-0.25, -0.2) is 9.97 Å². The molecule has 2 aromatic heterocycles. The summed E-state index contributed by atoms with van der Waals surface area (Å²) in [7, 11) is 0. The standard InChI is InChI=1S/C11H10N4S/c12-7-9-6-11(15-8-14-9)13-4-3-10-2-1-5-16-10/h1-2,5-6,8H,3-4H2,(H,13,14,15). The Morgan fingerprint density at radius 1 is 1.44 bits per heavy atom. The van der Waals surface area contributed by atoms with Crippen molar-refractivity contribution in [3.8, 4) is 6.07 Å². The number of hydrogen-bond donors (Lipinski definition) is 1. The predicted octanol–water partition coefficient (Wildman–Crippen LogP) is 2.06. The quantitative estimate of drug-likeness (QED) is 0.873. The monoisotopic (exact) mass is 230 g/mol. The first-order chi connectivity index (χ1) is 7.88. The summed E-state index contributed by atoms with van der Waals surface area (Å²) in [6.45, 7) is 0.808. The van der Waals surface area contributed by atoms with Gasteiger partial charge in [-0.15, -0.1) is 11.3 Å². The normalized spacial score (nSPS) is 9.69. The molecule has 80 valence electrons. The van der Waals surface area contributed by atoms with E-state index in [1.54, 1.807) is 17.4 Å². The van der Waals surface area contributed by atoms with Gasteiger partial charge in [-0.3, -0.25) is 0 Å². The van der Waals surface area contributed by atoms with Gasteiger partial charge in [0.25, 0.3) is 0 Å². The van der Waals surface area contributed by atoms with Gasteiger partial charge < -0.3 is 5.32 Å². The van der Waals surface area contributed by atoms with E-state index < -0.39 is 0 Å². The SMILES string of the molecule is N#Cc1cc(NCCc2cccs2)ncn1. The van der Waals surface area contributed by atoms with Crippen molar-refractivity contribution in [2.24, 2.45) is 0 Å². The number of nitriles is 1. The fraction of sp³-hybridized carbons (Fsp3) is 0.182. The number of rotatable bonds is 4. The zero-order valence-electron chi connectivity index (χ0n) is 8.55. The second-order valence-corrected chi connectivity index (χ2v) is 4.19. The van der Waals surface area contributed by atoms with Crippen molar-refractivity contribution in [1.29, 1.82) is 5.26 Å². The van der Waals surface area contributed by atoms with Crippen LogP contribution < -0.4 is 5.32 Å². The zero-order chi connectivity index (χ0) is 11.2. The van der Waals surface area contributed by atoms with Crippen LogP contribution >= 0.6 is 11.3 Å². The summed E-state index contributed by atoms with van der Waals surface area (Å²) in [5, 5.41) is 13.9. The van der Waals surface area contributed by atoms with Gasteiger partial charge in [0, 0.05) is 17.5 Å². The first kappa shape index (κ1) is 10.6. The molecule has 0 saturated heterocycles. The summed E-state index contributed by atoms with van der Waals surface area (Å²) >= 11 is 1.74. The number of nitrogens with zero attached hydrogens (tertiary/aromatic N) is 3. The lowest BCUT2D eigenvalue weighted by Gasteiger charge is -2.03. The second kappa shape index (κ2) is 5.24. The predicted molar refractivity (Wildman–Crippen MR) is 63.3 cm³/mol. The maximum atomic E-state index is 8.67. The molecule has 0 aromatic carbocycles. The highest BCUT2D eigenvalue weighted by molar-refractivity contribution is 7.09. The van der Waals surface area contributed by atoms with Crippen molar-refractivity contribution in [1.82, 2.24) is 9.97 Å². The Hall–Kier alpha value is -1.93. The Labute approximate surface area is 97.6 Å². The van der Waals surface area contributed by atoms with Crippen molar-refractivity contribution in [2.75, 3.05) is 11.9 Å². The molecule has 2 rings (SSSR count). The molecular formula is C11H10N4S. The average Bonchev–Trinajstić information content (AvgIpc) is 2.82. The van der Waals surface area contributed by atoms with Gasteiger partial charge in [0.1, 0.15) is 23.9 Å². The third-order valence-electron chi connectivity index (χ3n) is 2.04. The van der Waals surface area contributed by atoms with Crippen LogP contribution in [0.15, 0.2) is 29.9 Å². The molecular weight excluding hydrogens is 220 g/mol. The Kier molecular flexibility index (Phi) is 3.46. The third-order valence-corrected chi connectivity index (χ3v) is 2.98. The van der Waals surface area contributed by atoms with E-state index in [0.29, 0.717) is 11.5 Å². The highest BCUT2D eigenvalue weighted by Crippen LogP contribution is 2.09. The van der Waals surface area contributed by atoms with Gasteiger partial charge in [0.05, 0.1) is 0 Å². The molecule has 0 radical (unpaired) electrons. The van der Waals surface area contributed by atoms with Crippen LogP contribution in [0.2, 0.25) is 0 Å². The van der Waals surface area contributed by atoms with E-state index in [-0.39, 0.29) is 0 Å². The molecule has 2 aromatic rings. The van der Waals surface area contributed by atoms with E-state index in [4.69, 9.17) is 5.26 Å². The van der Waals surface area contributed by atoms with Gasteiger partial charge >= 0.3 is 0 Å². The maximum absolute atomic E-state index is 8.67. The van der Waals surface area contributed by atoms with Gasteiger partial charge in [-0.1, -0.05) is 6.07 Å². The molecule has 0 unspecified atom stereocenters. The Morgan fingerprint density at radius 3 is 3.12 bits per heavy atom. The number of aromatic nitrogens is 2. The van der Waals surface area contributed by atoms with Crippen molar-refractivity contribution in [2.45, 2.75) is 6.42 Å². The molecule has 1 N–H and O–H groups in total. The Morgan fingerprint density at radius 2 is 2.38 bits per heavy atom. The molecule has 0 aliphatic carbocycles. The summed E-state index contributed by atoms with van der Waals surface area (Å²) in [6, 6.07) is 7.77. The topological polar surface area (TPSA) is 61.6 Å². The van der Waals surface area contributed by atoms with Gasteiger partial charge in [0.15, 0.2) is 0 Å². The smallest absolute Gasteiger partial charge is 0.145 e. The zero-order valence-corrected chi connectivity index (χ0v) is 9.37. The van der Waals surface area contributed by atoms with E-state index >= 15 is 0 Å². The number of thiophene rings is 1. The van der Waals surface area contributed by atoms with Crippen molar-refractivity contribution in [3.05, 3.63) is 40.5 Å². The number of nitrogens with one attached hydrogen (secondary N) is 1. The van der Waals surface area contributed by atoms with Gasteiger partial charge in [-0.05, 0) is 17.9 Å². The van der Waals surface area contributed by atoms with E-state index in [9.17, 15) is 0 Å². The van der Waals surface area contributed by atoms with Crippen LogP contribution in [0.4, 0.5) is 5.82 Å². The molecule has 5 heteroatoms. The van der Waals surface area contributed by atoms with Crippen molar-refractivity contribution >= 4 is 17.2 Å². The molecule has 0 spiro atoms. The molecule has 0 aliphatic rings. The second-order valence-electron chi connectivity index (χ2n) is 3.16. The summed E-state index contributed by atoms with van der Waals surface area (Å²) in [6.07, 6.45) is 2.36. The highest BCUT2D eigenvalue weighted by atomic mass is 32.1. The number of hydrogen-bond acceptors (Lipinski definition) is 5. The summed E-state index contributed by atoms with van der Waals surface area (Å²) in [4.78, 5) is 9.18. The van der Waals surface area contributed by atoms with Crippen molar-refractivity contribution < 1.29 is 0 Å². The summed E-state index contributed by atoms with van der Waals surface area (Å²) < 4.78 is 0. The van der Waals surface area contributed by atoms with Gasteiger partial charge in [-0.2, -0.15) is 5.26 Å². The highest BCUT2D eigenvalue weighted by Gasteiger charge is 1.97. The van der Waals surface area contributed by atoms with Crippen LogP contribution in [-0.2, 0) is 6.42 Å². The molecule has 0 amide bonds. The molecule has 0 aliphatic heterocycles. The van der Waals surface area contributed by atoms with Crippen LogP contribution in [0.25, 0.3) is 0 Å².